The predicted octanol–water partition coefficient (Wildman–Crippen LogP) is 7.92. The third kappa shape index (κ3) is 6.26. The highest BCUT2D eigenvalue weighted by Crippen LogP contribution is 2.33. The Kier molecular flexibility index (Phi) is 8.22. The van der Waals surface area contributed by atoms with Gasteiger partial charge >= 0.3 is 0 Å². The van der Waals surface area contributed by atoms with Gasteiger partial charge in [0.2, 0.25) is 0 Å². The molecule has 0 aliphatic carbocycles. The molecule has 0 saturated heterocycles. The van der Waals surface area contributed by atoms with Crippen LogP contribution in [0.5, 0.6) is 23.0 Å². The van der Waals surface area contributed by atoms with Crippen molar-refractivity contribution in [3.05, 3.63) is 104 Å². The molecule has 0 heterocycles. The summed E-state index contributed by atoms with van der Waals surface area (Å²) in [6, 6.07) is 15.5. The number of aromatic hydroxyl groups is 4. The minimum atomic E-state index is 0.316. The van der Waals surface area contributed by atoms with Crippen LogP contribution in [0, 0.1) is 55.4 Å². The number of aryl methyl sites for hydroxylation is 8. The zero-order valence-corrected chi connectivity index (χ0v) is 23.1. The first-order valence-electron chi connectivity index (χ1n) is 12.5. The van der Waals surface area contributed by atoms with Crippen molar-refractivity contribution in [1.82, 2.24) is 0 Å². The Bertz CT molecular complexity index is 1320. The summed E-state index contributed by atoms with van der Waals surface area (Å²) in [7, 11) is 0. The van der Waals surface area contributed by atoms with Crippen molar-refractivity contribution >= 4 is 0 Å². The Morgan fingerprint density at radius 3 is 1.03 bits per heavy atom. The third-order valence-corrected chi connectivity index (χ3v) is 6.93. The van der Waals surface area contributed by atoms with Crippen LogP contribution in [0.15, 0.2) is 48.5 Å². The Morgan fingerprint density at radius 1 is 0.405 bits per heavy atom. The van der Waals surface area contributed by atoms with Gasteiger partial charge in [-0.1, -0.05) is 12.1 Å². The van der Waals surface area contributed by atoms with E-state index in [9.17, 15) is 20.4 Å². The summed E-state index contributed by atoms with van der Waals surface area (Å²) in [6.45, 7) is 15.4. The maximum Gasteiger partial charge on any atom is 0.121 e. The van der Waals surface area contributed by atoms with E-state index < -0.39 is 0 Å². The van der Waals surface area contributed by atoms with Crippen LogP contribution in [0.4, 0.5) is 0 Å². The monoisotopic (exact) mass is 498 g/mol. The van der Waals surface area contributed by atoms with Gasteiger partial charge < -0.3 is 20.4 Å². The molecule has 0 amide bonds. The molecule has 0 radical (unpaired) electrons. The second-order valence-corrected chi connectivity index (χ2v) is 10.2. The molecule has 4 aromatic rings. The molecule has 194 valence electrons. The van der Waals surface area contributed by atoms with E-state index in [1.165, 1.54) is 11.1 Å². The highest BCUT2D eigenvalue weighted by atomic mass is 16.3. The van der Waals surface area contributed by atoms with Gasteiger partial charge in [0, 0.05) is 0 Å². The molecule has 4 aromatic carbocycles. The van der Waals surface area contributed by atoms with Gasteiger partial charge in [-0.05, 0) is 165 Å². The van der Waals surface area contributed by atoms with Gasteiger partial charge in [0.05, 0.1) is 0 Å². The van der Waals surface area contributed by atoms with Gasteiger partial charge in [0.15, 0.2) is 0 Å². The van der Waals surface area contributed by atoms with E-state index >= 15 is 0 Å². The fraction of sp³-hybridized carbons (Fsp3) is 0.273. The van der Waals surface area contributed by atoms with E-state index in [-0.39, 0.29) is 0 Å². The van der Waals surface area contributed by atoms with Gasteiger partial charge in [-0.3, -0.25) is 0 Å². The molecular weight excluding hydrogens is 460 g/mol. The lowest BCUT2D eigenvalue weighted by atomic mass is 9.94. The molecule has 37 heavy (non-hydrogen) atoms. The Hall–Kier alpha value is -3.92. The third-order valence-electron chi connectivity index (χ3n) is 6.93. The summed E-state index contributed by atoms with van der Waals surface area (Å²) in [5, 5.41) is 39.0. The summed E-state index contributed by atoms with van der Waals surface area (Å²) in [4.78, 5) is 0. The van der Waals surface area contributed by atoms with E-state index in [4.69, 9.17) is 0 Å². The molecule has 0 spiro atoms. The van der Waals surface area contributed by atoms with Gasteiger partial charge in [-0.2, -0.15) is 0 Å². The normalized spacial score (nSPS) is 10.7. The van der Waals surface area contributed by atoms with Crippen molar-refractivity contribution in [1.29, 1.82) is 0 Å². The van der Waals surface area contributed by atoms with Gasteiger partial charge in [0.1, 0.15) is 23.0 Å². The van der Waals surface area contributed by atoms with E-state index in [0.29, 0.717) is 23.0 Å². The molecule has 0 saturated carbocycles. The van der Waals surface area contributed by atoms with Crippen LogP contribution in [0.1, 0.15) is 55.6 Å². The fourth-order valence-corrected chi connectivity index (χ4v) is 4.85. The summed E-state index contributed by atoms with van der Waals surface area (Å²) < 4.78 is 0. The molecule has 0 atom stereocenters. The van der Waals surface area contributed by atoms with Crippen molar-refractivity contribution in [3.63, 3.8) is 0 Å². The maximum absolute atomic E-state index is 9.81. The van der Waals surface area contributed by atoms with E-state index in [1.807, 2.05) is 91.8 Å². The highest BCUT2D eigenvalue weighted by molar-refractivity contribution is 5.70. The summed E-state index contributed by atoms with van der Waals surface area (Å²) in [6.07, 6.45) is 0.819. The maximum atomic E-state index is 9.81. The first-order chi connectivity index (χ1) is 17.3. The molecule has 4 nitrogen and oxygen atoms in total. The minimum absolute atomic E-state index is 0.316. The lowest BCUT2D eigenvalue weighted by Crippen LogP contribution is -1.97. The molecule has 4 rings (SSSR count). The number of phenolic OH excluding ortho intramolecular Hbond substituents is 4. The predicted molar refractivity (Wildman–Crippen MR) is 152 cm³/mol. The molecule has 0 bridgehead atoms. The number of hydrogen-bond donors (Lipinski definition) is 4. The summed E-state index contributed by atoms with van der Waals surface area (Å²) in [5.41, 5.74) is 12.0. The van der Waals surface area contributed by atoms with E-state index in [0.717, 1.165) is 62.1 Å². The zero-order valence-electron chi connectivity index (χ0n) is 23.1. The Balaban J connectivity index is 0.000000206. The molecule has 0 aliphatic heterocycles. The topological polar surface area (TPSA) is 80.9 Å². The summed E-state index contributed by atoms with van der Waals surface area (Å²) >= 11 is 0. The second kappa shape index (κ2) is 11.0. The van der Waals surface area contributed by atoms with Crippen LogP contribution in [0.2, 0.25) is 0 Å². The van der Waals surface area contributed by atoms with Crippen molar-refractivity contribution < 1.29 is 20.4 Å². The molecule has 4 heteroatoms. The average molecular weight is 499 g/mol. The van der Waals surface area contributed by atoms with Crippen LogP contribution >= 0.6 is 0 Å². The molecule has 0 unspecified atom stereocenters. The van der Waals surface area contributed by atoms with Crippen molar-refractivity contribution in [3.8, 4) is 34.1 Å². The van der Waals surface area contributed by atoms with Gasteiger partial charge in [-0.25, -0.2) is 0 Å². The molecule has 0 fully saturated rings. The van der Waals surface area contributed by atoms with E-state index in [1.54, 1.807) is 12.1 Å². The summed E-state index contributed by atoms with van der Waals surface area (Å²) in [5.74, 6) is 1.40. The van der Waals surface area contributed by atoms with E-state index in [2.05, 4.69) is 0 Å². The van der Waals surface area contributed by atoms with Crippen molar-refractivity contribution in [2.45, 2.75) is 61.8 Å². The SMILES string of the molecule is Cc1cc(-c2cc(C)c(O)c(C)c2)cc(C)c1O.Cc1cc(Cc2c(C)cc(O)cc2C)cc(C)c1O. The van der Waals surface area contributed by atoms with Crippen LogP contribution in [0.3, 0.4) is 0 Å². The van der Waals surface area contributed by atoms with Crippen LogP contribution in [-0.4, -0.2) is 20.4 Å². The van der Waals surface area contributed by atoms with Crippen LogP contribution in [-0.2, 0) is 6.42 Å². The Labute approximate surface area is 220 Å². The minimum Gasteiger partial charge on any atom is -0.508 e. The molecule has 0 aromatic heterocycles. The Morgan fingerprint density at radius 2 is 0.703 bits per heavy atom. The number of benzene rings is 4. The average Bonchev–Trinajstić information content (AvgIpc) is 2.81. The first-order valence-corrected chi connectivity index (χ1v) is 12.5. The van der Waals surface area contributed by atoms with Crippen LogP contribution in [0.25, 0.3) is 11.1 Å². The van der Waals surface area contributed by atoms with Gasteiger partial charge in [-0.15, -0.1) is 0 Å². The lowest BCUT2D eigenvalue weighted by molar-refractivity contribution is 0.466. The zero-order chi connectivity index (χ0) is 27.6. The molecule has 0 aliphatic rings. The number of rotatable bonds is 3. The standard InChI is InChI=1S/C17H20O2.C16H18O2/c1-10-7-15(18)8-11(2)16(10)9-14-5-12(3)17(19)13(4)6-14;1-9-5-13(6-10(2)15(9)17)14-7-11(3)16(18)12(4)8-14/h5-8,18-19H,9H2,1-4H3;5-8,17-18H,1-4H3. The lowest BCUT2D eigenvalue weighted by Gasteiger charge is -2.13. The van der Waals surface area contributed by atoms with Crippen molar-refractivity contribution in [2.75, 3.05) is 0 Å². The van der Waals surface area contributed by atoms with Crippen molar-refractivity contribution in [2.24, 2.45) is 0 Å². The number of phenols is 4. The fourth-order valence-electron chi connectivity index (χ4n) is 4.85. The number of hydrogen-bond acceptors (Lipinski definition) is 4. The van der Waals surface area contributed by atoms with Crippen LogP contribution < -0.4 is 0 Å². The highest BCUT2D eigenvalue weighted by Gasteiger charge is 2.10. The first kappa shape index (κ1) is 27.7. The molecule has 4 N–H and O–H groups in total. The quantitative estimate of drug-likeness (QED) is 0.231. The smallest absolute Gasteiger partial charge is 0.121 e. The van der Waals surface area contributed by atoms with Gasteiger partial charge in [0.25, 0.3) is 0 Å². The largest absolute Gasteiger partial charge is 0.508 e. The second-order valence-electron chi connectivity index (χ2n) is 10.2. The molecular formula is C33H38O4.